The van der Waals surface area contributed by atoms with Gasteiger partial charge in [-0.25, -0.2) is 9.18 Å². The SMILES string of the molecule is O=C1OCc2cc(NC(=O)[C@](O)(CC3(c4cc(C(F)(F)F)ccc4F)CC3)C(F)(F)F)ccc21. The molecule has 1 aliphatic heterocycles. The Bertz CT molecular complexity index is 1170. The number of ether oxygens (including phenoxy) is 1. The van der Waals surface area contributed by atoms with Crippen LogP contribution in [0.3, 0.4) is 0 Å². The number of cyclic esters (lactones) is 1. The molecule has 0 unspecified atom stereocenters. The summed E-state index contributed by atoms with van der Waals surface area (Å²) in [6.45, 7) is -0.153. The van der Waals surface area contributed by atoms with Gasteiger partial charge in [0.05, 0.1) is 11.1 Å². The van der Waals surface area contributed by atoms with Gasteiger partial charge < -0.3 is 15.2 Å². The summed E-state index contributed by atoms with van der Waals surface area (Å²) in [5.74, 6) is -3.69. The maximum atomic E-state index is 14.4. The third kappa shape index (κ3) is 4.10. The van der Waals surface area contributed by atoms with Crippen molar-refractivity contribution in [3.8, 4) is 0 Å². The summed E-state index contributed by atoms with van der Waals surface area (Å²) in [6.07, 6.45) is -12.1. The fourth-order valence-corrected chi connectivity index (χ4v) is 4.04. The van der Waals surface area contributed by atoms with E-state index < -0.39 is 58.6 Å². The Hall–Kier alpha value is -3.15. The molecule has 2 N–H and O–H groups in total. The minimum absolute atomic E-state index is 0.153. The second kappa shape index (κ2) is 7.69. The van der Waals surface area contributed by atoms with Gasteiger partial charge in [-0.3, -0.25) is 4.79 Å². The predicted octanol–water partition coefficient (Wildman–Crippen LogP) is 4.87. The van der Waals surface area contributed by atoms with Crippen molar-refractivity contribution in [2.45, 2.75) is 49.2 Å². The Labute approximate surface area is 187 Å². The van der Waals surface area contributed by atoms with E-state index in [1.54, 1.807) is 0 Å². The number of alkyl halides is 6. The largest absolute Gasteiger partial charge is 0.457 e. The van der Waals surface area contributed by atoms with Crippen LogP contribution < -0.4 is 5.32 Å². The zero-order valence-corrected chi connectivity index (χ0v) is 17.1. The van der Waals surface area contributed by atoms with E-state index in [1.165, 1.54) is 12.1 Å². The van der Waals surface area contributed by atoms with Crippen molar-refractivity contribution in [1.29, 1.82) is 0 Å². The first-order chi connectivity index (χ1) is 15.7. The van der Waals surface area contributed by atoms with Crippen LogP contribution in [0, 0.1) is 5.82 Å². The van der Waals surface area contributed by atoms with Crippen LogP contribution in [0.25, 0.3) is 0 Å². The average Bonchev–Trinajstić information content (AvgIpc) is 3.41. The van der Waals surface area contributed by atoms with Gasteiger partial charge in [-0.05, 0) is 54.8 Å². The molecule has 2 aliphatic rings. The van der Waals surface area contributed by atoms with Crippen LogP contribution in [0.15, 0.2) is 36.4 Å². The standard InChI is InChI=1S/C22H16F7NO4/c23-16-4-1-12(21(24,25)26)8-15(16)19(5-6-19)10-20(33,22(27,28)29)18(32)30-13-2-3-14-11(7-13)9-34-17(14)31/h1-4,7-8,33H,5-6,9-10H2,(H,30,32)/t20-/m1/s1. The molecule has 34 heavy (non-hydrogen) atoms. The minimum atomic E-state index is -5.53. The third-order valence-electron chi connectivity index (χ3n) is 6.10. The number of halogens is 7. The number of hydrogen-bond acceptors (Lipinski definition) is 4. The van der Waals surface area contributed by atoms with E-state index in [9.17, 15) is 45.4 Å². The number of fused-ring (bicyclic) bond motifs is 1. The molecule has 2 aromatic rings. The van der Waals surface area contributed by atoms with Gasteiger partial charge in [0, 0.05) is 23.1 Å². The summed E-state index contributed by atoms with van der Waals surface area (Å²) >= 11 is 0. The van der Waals surface area contributed by atoms with Crippen LogP contribution in [0.2, 0.25) is 0 Å². The fourth-order valence-electron chi connectivity index (χ4n) is 4.04. The number of hydrogen-bond donors (Lipinski definition) is 2. The highest BCUT2D eigenvalue weighted by Gasteiger charge is 2.65. The van der Waals surface area contributed by atoms with Crippen LogP contribution in [0.1, 0.15) is 46.3 Å². The first kappa shape index (κ1) is 24.0. The number of rotatable bonds is 5. The zero-order chi connectivity index (χ0) is 25.1. The summed E-state index contributed by atoms with van der Waals surface area (Å²) < 4.78 is 100. The lowest BCUT2D eigenvalue weighted by molar-refractivity contribution is -0.253. The van der Waals surface area contributed by atoms with Gasteiger partial charge in [-0.1, -0.05) is 0 Å². The molecule has 1 atom stereocenters. The summed E-state index contributed by atoms with van der Waals surface area (Å²) in [6, 6.07) is 4.94. The molecule has 1 amide bonds. The quantitative estimate of drug-likeness (QED) is 0.463. The highest BCUT2D eigenvalue weighted by atomic mass is 19.4. The average molecular weight is 491 g/mol. The highest BCUT2D eigenvalue weighted by molar-refractivity contribution is 5.99. The van der Waals surface area contributed by atoms with Gasteiger partial charge in [0.15, 0.2) is 0 Å². The lowest BCUT2D eigenvalue weighted by atomic mass is 9.81. The molecule has 1 fully saturated rings. The number of anilines is 1. The van der Waals surface area contributed by atoms with Gasteiger partial charge in [0.2, 0.25) is 5.60 Å². The van der Waals surface area contributed by atoms with Crippen molar-refractivity contribution >= 4 is 17.6 Å². The molecule has 0 bridgehead atoms. The molecule has 0 radical (unpaired) electrons. The molecule has 1 heterocycles. The summed E-state index contributed by atoms with van der Waals surface area (Å²) in [5, 5.41) is 12.4. The maximum Gasteiger partial charge on any atom is 0.426 e. The molecule has 0 aromatic heterocycles. The highest BCUT2D eigenvalue weighted by Crippen LogP contribution is 2.57. The Kier molecular flexibility index (Phi) is 5.42. The molecule has 1 saturated carbocycles. The topological polar surface area (TPSA) is 75.6 Å². The Morgan fingerprint density at radius 1 is 1.06 bits per heavy atom. The van der Waals surface area contributed by atoms with E-state index >= 15 is 0 Å². The zero-order valence-electron chi connectivity index (χ0n) is 17.1. The van der Waals surface area contributed by atoms with Crippen LogP contribution in [-0.2, 0) is 27.7 Å². The van der Waals surface area contributed by atoms with Gasteiger partial charge in [-0.15, -0.1) is 0 Å². The van der Waals surface area contributed by atoms with E-state index in [2.05, 4.69) is 0 Å². The minimum Gasteiger partial charge on any atom is -0.457 e. The smallest absolute Gasteiger partial charge is 0.426 e. The molecule has 5 nitrogen and oxygen atoms in total. The van der Waals surface area contributed by atoms with Gasteiger partial charge in [0.1, 0.15) is 12.4 Å². The molecule has 182 valence electrons. The van der Waals surface area contributed by atoms with E-state index in [4.69, 9.17) is 4.74 Å². The molecule has 2 aromatic carbocycles. The number of carbonyl (C=O) groups excluding carboxylic acids is 2. The normalized spacial score (nSPS) is 18.6. The second-order valence-electron chi connectivity index (χ2n) is 8.41. The number of benzene rings is 2. The monoisotopic (exact) mass is 491 g/mol. The van der Waals surface area contributed by atoms with Crippen LogP contribution in [-0.4, -0.2) is 28.8 Å². The Morgan fingerprint density at radius 2 is 1.74 bits per heavy atom. The van der Waals surface area contributed by atoms with E-state index in [1.807, 2.05) is 5.32 Å². The molecule has 0 spiro atoms. The number of amides is 1. The van der Waals surface area contributed by atoms with Crippen molar-refractivity contribution in [2.24, 2.45) is 0 Å². The summed E-state index contributed by atoms with van der Waals surface area (Å²) in [5.41, 5.74) is -7.44. The molecular formula is C22H16F7NO4. The number of nitrogens with one attached hydrogen (secondary N) is 1. The number of esters is 1. The number of carbonyl (C=O) groups is 2. The predicted molar refractivity (Wildman–Crippen MR) is 102 cm³/mol. The van der Waals surface area contributed by atoms with Crippen LogP contribution >= 0.6 is 0 Å². The molecule has 1 aliphatic carbocycles. The first-order valence-electron chi connectivity index (χ1n) is 9.94. The van der Waals surface area contributed by atoms with Crippen molar-refractivity contribution in [2.75, 3.05) is 5.32 Å². The van der Waals surface area contributed by atoms with Gasteiger partial charge >= 0.3 is 18.3 Å². The van der Waals surface area contributed by atoms with Crippen molar-refractivity contribution in [1.82, 2.24) is 0 Å². The van der Waals surface area contributed by atoms with Gasteiger partial charge in [-0.2, -0.15) is 26.3 Å². The fraction of sp³-hybridized carbons (Fsp3) is 0.364. The van der Waals surface area contributed by atoms with Crippen molar-refractivity contribution in [3.05, 3.63) is 64.5 Å². The summed E-state index contributed by atoms with van der Waals surface area (Å²) in [7, 11) is 0. The lowest BCUT2D eigenvalue weighted by Crippen LogP contribution is -2.56. The maximum absolute atomic E-state index is 14.4. The Morgan fingerprint density at radius 3 is 2.32 bits per heavy atom. The van der Waals surface area contributed by atoms with Crippen LogP contribution in [0.5, 0.6) is 0 Å². The summed E-state index contributed by atoms with van der Waals surface area (Å²) in [4.78, 5) is 24.1. The molecule has 12 heteroatoms. The van der Waals surface area contributed by atoms with Crippen molar-refractivity contribution < 1.29 is 50.2 Å². The molecule has 4 rings (SSSR count). The van der Waals surface area contributed by atoms with Crippen LogP contribution in [0.4, 0.5) is 36.4 Å². The molecule has 0 saturated heterocycles. The third-order valence-corrected chi connectivity index (χ3v) is 6.10. The van der Waals surface area contributed by atoms with Crippen molar-refractivity contribution in [3.63, 3.8) is 0 Å². The Balaban J connectivity index is 1.65. The lowest BCUT2D eigenvalue weighted by Gasteiger charge is -2.33. The van der Waals surface area contributed by atoms with E-state index in [0.717, 1.165) is 6.07 Å². The van der Waals surface area contributed by atoms with Gasteiger partial charge in [0.25, 0.3) is 5.91 Å². The molecular weight excluding hydrogens is 475 g/mol. The number of aliphatic hydroxyl groups is 1. The second-order valence-corrected chi connectivity index (χ2v) is 8.41. The van der Waals surface area contributed by atoms with E-state index in [-0.39, 0.29) is 30.7 Å². The van der Waals surface area contributed by atoms with E-state index in [0.29, 0.717) is 23.8 Å². The first-order valence-corrected chi connectivity index (χ1v) is 9.94.